The molecule has 0 spiro atoms. The van der Waals surface area contributed by atoms with Crippen LogP contribution in [0.4, 0.5) is 5.69 Å². The summed E-state index contributed by atoms with van der Waals surface area (Å²) in [6, 6.07) is 14.5. The van der Waals surface area contributed by atoms with Gasteiger partial charge in [-0.05, 0) is 61.7 Å². The topological polar surface area (TPSA) is 191 Å². The fraction of sp³-hybridized carbons (Fsp3) is 0.269. The maximum absolute atomic E-state index is 11.9. The van der Waals surface area contributed by atoms with Crippen molar-refractivity contribution in [3.8, 4) is 10.4 Å². The molecule has 10 nitrogen and oxygen atoms in total. The largest absolute Gasteiger partial charge is 0.481 e. The SMILES string of the molecule is CC.Cc1cc(C)c(S(N)(=O)=O)c(C)c1.NC(N)=Nc1cccc(-c2ccc(C(=O)NCCC(=O)O)s2)c1. The number of hydrogen-bond acceptors (Lipinski definition) is 6. The molecule has 1 heterocycles. The minimum Gasteiger partial charge on any atom is -0.481 e. The summed E-state index contributed by atoms with van der Waals surface area (Å²) in [7, 11) is -3.58. The van der Waals surface area contributed by atoms with E-state index in [0.717, 1.165) is 16.0 Å². The Hall–Kier alpha value is -3.74. The number of nitrogens with two attached hydrogens (primary N) is 3. The molecule has 3 rings (SSSR count). The van der Waals surface area contributed by atoms with Crippen LogP contribution >= 0.6 is 11.3 Å². The van der Waals surface area contributed by atoms with Crippen molar-refractivity contribution in [2.75, 3.05) is 6.54 Å². The number of primary sulfonamides is 1. The number of carbonyl (C=O) groups excluding carboxylic acids is 1. The Labute approximate surface area is 227 Å². The number of thiophene rings is 1. The summed E-state index contributed by atoms with van der Waals surface area (Å²) in [5.74, 6) is -1.26. The average molecular weight is 562 g/mol. The van der Waals surface area contributed by atoms with Crippen molar-refractivity contribution in [1.82, 2.24) is 5.32 Å². The third kappa shape index (κ3) is 10.3. The van der Waals surface area contributed by atoms with E-state index in [-0.39, 0.29) is 29.7 Å². The zero-order valence-corrected chi connectivity index (χ0v) is 23.7. The summed E-state index contributed by atoms with van der Waals surface area (Å²) in [5, 5.41) is 16.2. The Morgan fingerprint density at radius 1 is 1.00 bits per heavy atom. The molecule has 0 bridgehead atoms. The predicted molar refractivity (Wildman–Crippen MR) is 153 cm³/mol. The van der Waals surface area contributed by atoms with Crippen LogP contribution in [0.2, 0.25) is 0 Å². The lowest BCUT2D eigenvalue weighted by Crippen LogP contribution is -2.25. The van der Waals surface area contributed by atoms with E-state index in [1.54, 1.807) is 26.0 Å². The van der Waals surface area contributed by atoms with E-state index < -0.39 is 16.0 Å². The van der Waals surface area contributed by atoms with Gasteiger partial charge in [0.1, 0.15) is 0 Å². The fourth-order valence-electron chi connectivity index (χ4n) is 3.48. The molecule has 12 heteroatoms. The Bertz CT molecular complexity index is 1370. The van der Waals surface area contributed by atoms with E-state index in [0.29, 0.717) is 21.7 Å². The van der Waals surface area contributed by atoms with Crippen LogP contribution in [-0.4, -0.2) is 37.9 Å². The Kier molecular flexibility index (Phi) is 12.6. The summed E-state index contributed by atoms with van der Waals surface area (Å²) >= 11 is 1.31. The highest BCUT2D eigenvalue weighted by Gasteiger charge is 2.14. The number of rotatable bonds is 7. The molecule has 8 N–H and O–H groups in total. The van der Waals surface area contributed by atoms with E-state index in [4.69, 9.17) is 21.7 Å². The van der Waals surface area contributed by atoms with Crippen molar-refractivity contribution in [2.24, 2.45) is 21.6 Å². The Morgan fingerprint density at radius 3 is 2.13 bits per heavy atom. The van der Waals surface area contributed by atoms with Crippen molar-refractivity contribution >= 4 is 44.9 Å². The first kappa shape index (κ1) is 32.3. The molecule has 38 heavy (non-hydrogen) atoms. The van der Waals surface area contributed by atoms with Crippen LogP contribution in [0.15, 0.2) is 58.4 Å². The van der Waals surface area contributed by atoms with Gasteiger partial charge in [0, 0.05) is 11.4 Å². The number of carboxylic acid groups (broad SMARTS) is 1. The predicted octanol–water partition coefficient (Wildman–Crippen LogP) is 3.81. The average Bonchev–Trinajstić information content (AvgIpc) is 3.29. The molecule has 0 fully saturated rings. The number of sulfonamides is 1. The minimum atomic E-state index is -3.58. The quantitative estimate of drug-likeness (QED) is 0.214. The van der Waals surface area contributed by atoms with Gasteiger partial charge in [-0.15, -0.1) is 11.3 Å². The van der Waals surface area contributed by atoms with Crippen LogP contribution in [0.5, 0.6) is 0 Å². The van der Waals surface area contributed by atoms with Gasteiger partial charge in [-0.1, -0.05) is 43.7 Å². The lowest BCUT2D eigenvalue weighted by molar-refractivity contribution is -0.136. The number of amides is 1. The summed E-state index contributed by atoms with van der Waals surface area (Å²) in [6.07, 6.45) is -0.107. The van der Waals surface area contributed by atoms with Gasteiger partial charge in [0.25, 0.3) is 5.91 Å². The molecule has 0 aliphatic heterocycles. The zero-order chi connectivity index (χ0) is 29.0. The third-order valence-corrected chi connectivity index (χ3v) is 7.08. The van der Waals surface area contributed by atoms with E-state index in [1.165, 1.54) is 11.3 Å². The number of aliphatic carboxylic acids is 1. The van der Waals surface area contributed by atoms with E-state index in [1.807, 2.05) is 57.2 Å². The summed E-state index contributed by atoms with van der Waals surface area (Å²) in [6.45, 7) is 9.52. The van der Waals surface area contributed by atoms with Crippen LogP contribution in [0, 0.1) is 20.8 Å². The number of guanidine groups is 1. The number of aryl methyl sites for hydroxylation is 3. The van der Waals surface area contributed by atoms with Crippen LogP contribution in [-0.2, 0) is 14.8 Å². The number of carboxylic acids is 1. The number of aliphatic imine (C=N–C) groups is 1. The molecule has 1 aromatic heterocycles. The number of nitrogens with one attached hydrogen (secondary N) is 1. The second kappa shape index (κ2) is 14.9. The lowest BCUT2D eigenvalue weighted by atomic mass is 10.1. The molecule has 2 aromatic carbocycles. The van der Waals surface area contributed by atoms with Crippen LogP contribution in [0.25, 0.3) is 10.4 Å². The second-order valence-corrected chi connectivity index (χ2v) is 10.5. The summed E-state index contributed by atoms with van der Waals surface area (Å²) < 4.78 is 22.3. The van der Waals surface area contributed by atoms with Crippen LogP contribution in [0.3, 0.4) is 0 Å². The molecular formula is C26H35N5O5S2. The smallest absolute Gasteiger partial charge is 0.305 e. The van der Waals surface area contributed by atoms with E-state index >= 15 is 0 Å². The highest BCUT2D eigenvalue weighted by atomic mass is 32.2. The lowest BCUT2D eigenvalue weighted by Gasteiger charge is -2.08. The van der Waals surface area contributed by atoms with Gasteiger partial charge in [-0.25, -0.2) is 18.5 Å². The maximum Gasteiger partial charge on any atom is 0.305 e. The molecular weight excluding hydrogens is 526 g/mol. The van der Waals surface area contributed by atoms with Crippen molar-refractivity contribution in [1.29, 1.82) is 0 Å². The molecule has 1 amide bonds. The van der Waals surface area contributed by atoms with Gasteiger partial charge >= 0.3 is 5.97 Å². The van der Waals surface area contributed by atoms with Crippen molar-refractivity contribution in [2.45, 2.75) is 45.9 Å². The molecule has 0 saturated carbocycles. The zero-order valence-electron chi connectivity index (χ0n) is 22.1. The number of carbonyl (C=O) groups is 2. The van der Waals surface area contributed by atoms with Gasteiger partial charge in [0.05, 0.1) is 21.9 Å². The molecule has 3 aromatic rings. The Morgan fingerprint density at radius 2 is 1.61 bits per heavy atom. The van der Waals surface area contributed by atoms with Gasteiger partial charge in [0.15, 0.2) is 5.96 Å². The fourth-order valence-corrected chi connectivity index (χ4v) is 5.41. The number of benzene rings is 2. The highest BCUT2D eigenvalue weighted by molar-refractivity contribution is 7.89. The first-order valence-electron chi connectivity index (χ1n) is 11.7. The molecule has 0 saturated heterocycles. The van der Waals surface area contributed by atoms with Crippen molar-refractivity contribution in [3.05, 3.63) is 70.1 Å². The number of hydrogen-bond donors (Lipinski definition) is 5. The summed E-state index contributed by atoms with van der Waals surface area (Å²) in [5.41, 5.74) is 14.7. The van der Waals surface area contributed by atoms with E-state index in [9.17, 15) is 18.0 Å². The van der Waals surface area contributed by atoms with Crippen molar-refractivity contribution < 1.29 is 23.1 Å². The van der Waals surface area contributed by atoms with E-state index in [2.05, 4.69) is 10.3 Å². The molecule has 0 unspecified atom stereocenters. The molecule has 0 aliphatic carbocycles. The molecule has 0 aliphatic rings. The third-order valence-electron chi connectivity index (χ3n) is 4.73. The van der Waals surface area contributed by atoms with Crippen LogP contribution in [0.1, 0.15) is 46.6 Å². The first-order chi connectivity index (χ1) is 17.8. The van der Waals surface area contributed by atoms with Gasteiger partial charge in [-0.3, -0.25) is 9.59 Å². The second-order valence-electron chi connectivity index (χ2n) is 7.92. The van der Waals surface area contributed by atoms with Crippen molar-refractivity contribution in [3.63, 3.8) is 0 Å². The standard InChI is InChI=1S/C15H16N4O3S.C9H13NO2S.C2H6/c16-15(17)19-10-3-1-2-9(8-10)11-4-5-12(23-11)14(22)18-7-6-13(20)21;1-6-4-7(2)9(8(3)5-6)13(10,11)12;1-2/h1-5,8H,6-7H2,(H,18,22)(H,20,21)(H4,16,17,19);4-5H,1-3H3,(H2,10,11,12);1-2H3. The van der Waals surface area contributed by atoms with Gasteiger partial charge in [0.2, 0.25) is 10.0 Å². The van der Waals surface area contributed by atoms with Gasteiger partial charge < -0.3 is 21.9 Å². The summed E-state index contributed by atoms with van der Waals surface area (Å²) in [4.78, 5) is 28.0. The minimum absolute atomic E-state index is 0.0215. The first-order valence-corrected chi connectivity index (χ1v) is 14.0. The van der Waals surface area contributed by atoms with Crippen LogP contribution < -0.4 is 21.9 Å². The molecule has 0 radical (unpaired) electrons. The highest BCUT2D eigenvalue weighted by Crippen LogP contribution is 2.30. The number of nitrogens with zero attached hydrogens (tertiary/aromatic N) is 1. The normalized spacial score (nSPS) is 10.3. The molecule has 206 valence electrons. The Balaban J connectivity index is 0.000000408. The monoisotopic (exact) mass is 561 g/mol. The maximum atomic E-state index is 11.9. The van der Waals surface area contributed by atoms with Gasteiger partial charge in [-0.2, -0.15) is 0 Å². The molecule has 0 atom stereocenters.